The fourth-order valence-corrected chi connectivity index (χ4v) is 6.88. The molecule has 0 atom stereocenters. The lowest BCUT2D eigenvalue weighted by Crippen LogP contribution is -1.97. The molecule has 0 aliphatic heterocycles. The Morgan fingerprint density at radius 3 is 1.64 bits per heavy atom. The molecule has 0 bridgehead atoms. The molecule has 2 aromatic heterocycles. The van der Waals surface area contributed by atoms with Gasteiger partial charge in [0.25, 0.3) is 0 Å². The third-order valence-corrected chi connectivity index (χ3v) is 9.02. The maximum atomic E-state index is 5.24. The van der Waals surface area contributed by atoms with E-state index in [-0.39, 0.29) is 0 Å². The summed E-state index contributed by atoms with van der Waals surface area (Å²) in [5, 5.41) is 3.48. The van der Waals surface area contributed by atoms with E-state index in [0.717, 1.165) is 55.9 Å². The number of hydrogen-bond acceptors (Lipinski definition) is 2. The van der Waals surface area contributed by atoms with Crippen molar-refractivity contribution in [2.24, 2.45) is 0 Å². The summed E-state index contributed by atoms with van der Waals surface area (Å²) in [6, 6.07) is 61.9. The Bertz CT molecular complexity index is 2530. The molecule has 0 saturated carbocycles. The zero-order valence-electron chi connectivity index (χ0n) is 25.6. The average molecular weight is 600 g/mol. The van der Waals surface area contributed by atoms with Crippen molar-refractivity contribution < 1.29 is 0 Å². The summed E-state index contributed by atoms with van der Waals surface area (Å²) in [5.74, 6) is 0.725. The van der Waals surface area contributed by atoms with Crippen LogP contribution in [0.4, 0.5) is 0 Å². The summed E-state index contributed by atoms with van der Waals surface area (Å²) in [6.45, 7) is 0. The first-order valence-electron chi connectivity index (χ1n) is 15.9. The van der Waals surface area contributed by atoms with E-state index in [9.17, 15) is 0 Å². The Kier molecular flexibility index (Phi) is 6.46. The molecule has 2 heterocycles. The van der Waals surface area contributed by atoms with Gasteiger partial charge in [0.1, 0.15) is 0 Å². The van der Waals surface area contributed by atoms with E-state index in [0.29, 0.717) is 0 Å². The summed E-state index contributed by atoms with van der Waals surface area (Å²) >= 11 is 0. The molecule has 0 aliphatic carbocycles. The van der Waals surface area contributed by atoms with Crippen molar-refractivity contribution in [3.63, 3.8) is 0 Å². The van der Waals surface area contributed by atoms with Gasteiger partial charge in [-0.15, -0.1) is 0 Å². The van der Waals surface area contributed by atoms with Crippen molar-refractivity contribution in [1.29, 1.82) is 0 Å². The maximum absolute atomic E-state index is 5.24. The van der Waals surface area contributed by atoms with Gasteiger partial charge < -0.3 is 4.57 Å². The van der Waals surface area contributed by atoms with Crippen molar-refractivity contribution in [2.75, 3.05) is 0 Å². The second-order valence-corrected chi connectivity index (χ2v) is 11.8. The minimum Gasteiger partial charge on any atom is -0.309 e. The number of aromatic nitrogens is 3. The topological polar surface area (TPSA) is 30.7 Å². The van der Waals surface area contributed by atoms with Crippen LogP contribution in [0.25, 0.3) is 83.3 Å². The Morgan fingerprint density at radius 1 is 0.362 bits per heavy atom. The molecule has 0 aliphatic rings. The van der Waals surface area contributed by atoms with Gasteiger partial charge in [-0.2, -0.15) is 0 Å². The summed E-state index contributed by atoms with van der Waals surface area (Å²) in [5.41, 5.74) is 12.1. The fraction of sp³-hybridized carbons (Fsp3) is 0. The fourth-order valence-electron chi connectivity index (χ4n) is 6.88. The van der Waals surface area contributed by atoms with E-state index in [4.69, 9.17) is 9.97 Å². The monoisotopic (exact) mass is 599 g/mol. The van der Waals surface area contributed by atoms with Crippen LogP contribution in [0.2, 0.25) is 0 Å². The summed E-state index contributed by atoms with van der Waals surface area (Å²) in [4.78, 5) is 10.4. The number of benzene rings is 7. The van der Waals surface area contributed by atoms with E-state index in [1.165, 1.54) is 27.4 Å². The Labute approximate surface area is 273 Å². The normalized spacial score (nSPS) is 11.4. The predicted molar refractivity (Wildman–Crippen MR) is 196 cm³/mol. The Morgan fingerprint density at radius 2 is 0.915 bits per heavy atom. The number of fused-ring (bicyclic) bond motifs is 4. The smallest absolute Gasteiger partial charge is 0.160 e. The van der Waals surface area contributed by atoms with Crippen LogP contribution < -0.4 is 0 Å². The van der Waals surface area contributed by atoms with E-state index in [1.807, 2.05) is 24.3 Å². The summed E-state index contributed by atoms with van der Waals surface area (Å²) < 4.78 is 2.39. The van der Waals surface area contributed by atoms with Gasteiger partial charge in [0, 0.05) is 33.0 Å². The van der Waals surface area contributed by atoms with E-state index in [2.05, 4.69) is 156 Å². The zero-order valence-corrected chi connectivity index (χ0v) is 25.6. The molecular weight excluding hydrogens is 571 g/mol. The van der Waals surface area contributed by atoms with Crippen molar-refractivity contribution in [3.8, 4) is 50.6 Å². The molecule has 220 valence electrons. The molecule has 47 heavy (non-hydrogen) atoms. The van der Waals surface area contributed by atoms with E-state index in [1.54, 1.807) is 0 Å². The second-order valence-electron chi connectivity index (χ2n) is 11.8. The van der Waals surface area contributed by atoms with Gasteiger partial charge in [-0.25, -0.2) is 9.97 Å². The molecule has 3 nitrogen and oxygen atoms in total. The van der Waals surface area contributed by atoms with Crippen LogP contribution in [0, 0.1) is 0 Å². The third kappa shape index (κ3) is 4.60. The van der Waals surface area contributed by atoms with E-state index < -0.39 is 0 Å². The number of rotatable bonds is 5. The molecule has 0 amide bonds. The molecule has 0 radical (unpaired) electrons. The number of para-hydroxylation sites is 1. The largest absolute Gasteiger partial charge is 0.309 e. The highest BCUT2D eigenvalue weighted by Gasteiger charge is 2.20. The molecule has 0 fully saturated rings. The molecular formula is C44H29N3. The highest BCUT2D eigenvalue weighted by Crippen LogP contribution is 2.43. The molecule has 0 N–H and O–H groups in total. The lowest BCUT2D eigenvalue weighted by atomic mass is 9.93. The van der Waals surface area contributed by atoms with Gasteiger partial charge in [-0.1, -0.05) is 146 Å². The lowest BCUT2D eigenvalue weighted by molar-refractivity contribution is 1.18. The molecule has 0 spiro atoms. The maximum Gasteiger partial charge on any atom is 0.160 e. The van der Waals surface area contributed by atoms with Gasteiger partial charge in [0.05, 0.1) is 22.2 Å². The van der Waals surface area contributed by atoms with Crippen LogP contribution in [0.15, 0.2) is 176 Å². The van der Waals surface area contributed by atoms with Gasteiger partial charge in [0.15, 0.2) is 5.82 Å². The van der Waals surface area contributed by atoms with Crippen molar-refractivity contribution in [3.05, 3.63) is 176 Å². The van der Waals surface area contributed by atoms with Crippen LogP contribution in [-0.2, 0) is 0 Å². The highest BCUT2D eigenvalue weighted by molar-refractivity contribution is 6.19. The van der Waals surface area contributed by atoms with Crippen molar-refractivity contribution in [1.82, 2.24) is 14.5 Å². The van der Waals surface area contributed by atoms with E-state index >= 15 is 0 Å². The average Bonchev–Trinajstić information content (AvgIpc) is 3.50. The first kappa shape index (κ1) is 27.0. The van der Waals surface area contributed by atoms with Crippen LogP contribution >= 0.6 is 0 Å². The summed E-state index contributed by atoms with van der Waals surface area (Å²) in [7, 11) is 0. The third-order valence-electron chi connectivity index (χ3n) is 9.02. The Hall–Kier alpha value is -6.32. The molecule has 7 aromatic carbocycles. The number of nitrogens with zero attached hydrogens (tertiary/aromatic N) is 3. The van der Waals surface area contributed by atoms with Crippen molar-refractivity contribution in [2.45, 2.75) is 0 Å². The minimum absolute atomic E-state index is 0.725. The van der Waals surface area contributed by atoms with Crippen molar-refractivity contribution >= 4 is 32.7 Å². The summed E-state index contributed by atoms with van der Waals surface area (Å²) in [6.07, 6.45) is 0. The van der Waals surface area contributed by atoms with Crippen LogP contribution in [0.5, 0.6) is 0 Å². The molecule has 9 aromatic rings. The molecule has 0 saturated heterocycles. The quantitative estimate of drug-likeness (QED) is 0.197. The first-order valence-corrected chi connectivity index (χ1v) is 15.9. The molecule has 0 unspecified atom stereocenters. The van der Waals surface area contributed by atoms with Gasteiger partial charge in [-0.05, 0) is 52.6 Å². The standard InChI is InChI=1S/C44H29N3/c1-4-14-30(15-5-1)31-26-28-34(29-27-31)47-39-24-11-10-20-37(39)41-35(22-13-25-40(41)47)36-21-12-23-38-42(36)43(32-16-6-2-7-17-32)46-44(45-38)33-18-8-3-9-19-33/h1-29H. The SMILES string of the molecule is c1ccc(-c2ccc(-n3c4ccccc4c4c(-c5cccc6nc(-c7ccccc7)nc(-c7ccccc7)c56)cccc43)cc2)cc1. The highest BCUT2D eigenvalue weighted by atomic mass is 15.0. The van der Waals surface area contributed by atoms with Gasteiger partial charge >= 0.3 is 0 Å². The van der Waals surface area contributed by atoms with Crippen LogP contribution in [0.3, 0.4) is 0 Å². The molecule has 3 heteroatoms. The lowest BCUT2D eigenvalue weighted by Gasteiger charge is -2.15. The van der Waals surface area contributed by atoms with Crippen LogP contribution in [0.1, 0.15) is 0 Å². The Balaban J connectivity index is 1.31. The van der Waals surface area contributed by atoms with Gasteiger partial charge in [0.2, 0.25) is 0 Å². The van der Waals surface area contributed by atoms with Gasteiger partial charge in [-0.3, -0.25) is 0 Å². The minimum atomic E-state index is 0.725. The second kappa shape index (κ2) is 11.2. The zero-order chi connectivity index (χ0) is 31.2. The number of hydrogen-bond donors (Lipinski definition) is 0. The predicted octanol–water partition coefficient (Wildman–Crippen LogP) is 11.4. The first-order chi connectivity index (χ1) is 23.3. The van der Waals surface area contributed by atoms with Crippen LogP contribution in [-0.4, -0.2) is 14.5 Å². The molecule has 9 rings (SSSR count).